The molecule has 2 fully saturated rings. The number of oxime groups is 1. The first-order chi connectivity index (χ1) is 30.7. The smallest absolute Gasteiger partial charge is 0.417 e. The van der Waals surface area contributed by atoms with Gasteiger partial charge < -0.3 is 38.7 Å². The molecular weight excluding hydrogens is 827 g/mol. The zero-order valence-corrected chi connectivity index (χ0v) is 36.9. The van der Waals surface area contributed by atoms with Crippen molar-refractivity contribution in [1.29, 1.82) is 0 Å². The zero-order chi connectivity index (χ0) is 44.3. The van der Waals surface area contributed by atoms with Gasteiger partial charge in [-0.25, -0.2) is 4.79 Å². The van der Waals surface area contributed by atoms with Crippen molar-refractivity contribution in [3.8, 4) is 23.0 Å². The number of nitro benzene ring substituents is 1. The van der Waals surface area contributed by atoms with Crippen LogP contribution in [0.2, 0.25) is 0 Å². The van der Waals surface area contributed by atoms with Gasteiger partial charge in [0.05, 0.1) is 48.3 Å². The van der Waals surface area contributed by atoms with Crippen LogP contribution in [-0.4, -0.2) is 77.3 Å². The molecular formula is C48H59N3O11S. The number of non-ortho nitro benzene ring substituents is 1. The number of allylic oxidation sites excluding steroid dienone is 1. The topological polar surface area (TPSA) is 180 Å². The van der Waals surface area contributed by atoms with Crippen molar-refractivity contribution < 1.29 is 48.5 Å². The maximum atomic E-state index is 13.5. The summed E-state index contributed by atoms with van der Waals surface area (Å²) in [4.78, 5) is 30.6. The minimum Gasteiger partial charge on any atom is -0.497 e. The number of carbonyl (C=O) groups excluding carboxylic acids is 1. The summed E-state index contributed by atoms with van der Waals surface area (Å²) >= 11 is 1.90. The number of hydrogen-bond donors (Lipinski definition) is 3. The number of rotatable bonds is 21. The molecule has 14 nitrogen and oxygen atoms in total. The fourth-order valence-corrected chi connectivity index (χ4v) is 11.6. The molecule has 3 aromatic carbocycles. The highest BCUT2D eigenvalue weighted by Gasteiger charge is 2.64. The Hall–Kier alpha value is -5.09. The van der Waals surface area contributed by atoms with E-state index in [1.54, 1.807) is 49.6 Å². The maximum absolute atomic E-state index is 13.5. The Morgan fingerprint density at radius 1 is 1.00 bits per heavy atom. The van der Waals surface area contributed by atoms with Crippen LogP contribution in [0.5, 0.6) is 23.0 Å². The van der Waals surface area contributed by atoms with Gasteiger partial charge in [-0.1, -0.05) is 43.0 Å². The van der Waals surface area contributed by atoms with E-state index in [1.807, 2.05) is 23.9 Å². The van der Waals surface area contributed by atoms with Gasteiger partial charge in [-0.05, 0) is 104 Å². The second-order valence-corrected chi connectivity index (χ2v) is 18.1. The van der Waals surface area contributed by atoms with E-state index in [4.69, 9.17) is 33.7 Å². The second kappa shape index (κ2) is 21.5. The molecule has 6 unspecified atom stereocenters. The van der Waals surface area contributed by atoms with E-state index in [9.17, 15) is 25.1 Å². The molecule has 1 aliphatic heterocycles. The van der Waals surface area contributed by atoms with Gasteiger partial charge in [-0.15, -0.1) is 18.3 Å². The van der Waals surface area contributed by atoms with Crippen molar-refractivity contribution in [1.82, 2.24) is 0 Å². The van der Waals surface area contributed by atoms with Crippen molar-refractivity contribution in [2.45, 2.75) is 99.4 Å². The number of amides is 1. The molecule has 3 N–H and O–H groups in total. The fraction of sp³-hybridized carbons (Fsp3) is 0.500. The normalized spacial score (nSPS) is 24.3. The van der Waals surface area contributed by atoms with Crippen LogP contribution >= 0.6 is 11.8 Å². The molecule has 63 heavy (non-hydrogen) atoms. The van der Waals surface area contributed by atoms with Crippen molar-refractivity contribution in [2.75, 3.05) is 39.4 Å². The molecule has 3 aliphatic carbocycles. The number of aliphatic hydroxyl groups excluding tert-OH is 2. The highest BCUT2D eigenvalue weighted by molar-refractivity contribution is 8.00. The van der Waals surface area contributed by atoms with Crippen LogP contribution in [0.4, 0.5) is 16.2 Å². The van der Waals surface area contributed by atoms with Crippen LogP contribution in [0.25, 0.3) is 0 Å². The standard InChI is InChI=1S/C48H59N3O11S/c1-4-25-59-48-44(63-36-12-5-6-13-36)29-41(50-60-30-31-15-17-33(18-16-31)51(55)56)38-26-32(11-7-9-23-52)37(14-8-10-24-53)45(46(38)48)39-27-35(20-22-42(39)62-48)61-47(54)49-40-21-19-34(57-2)28-43(40)58-3/h4,15-22,26-28,32,36-37,44-46,52-53H,1,5-14,23-25,29-30H2,2-3H3,(H,49,54). The average molecular weight is 886 g/mol. The Balaban J connectivity index is 1.32. The molecule has 6 atom stereocenters. The molecule has 1 amide bonds. The summed E-state index contributed by atoms with van der Waals surface area (Å²) in [5.41, 5.74) is 3.83. The third-order valence-corrected chi connectivity index (χ3v) is 14.4. The fourth-order valence-electron chi connectivity index (χ4n) is 9.81. The summed E-state index contributed by atoms with van der Waals surface area (Å²) in [5, 5.41) is 39.1. The molecule has 4 aliphatic rings. The van der Waals surface area contributed by atoms with Gasteiger partial charge in [0.15, 0.2) is 0 Å². The third kappa shape index (κ3) is 10.5. The van der Waals surface area contributed by atoms with Crippen molar-refractivity contribution in [3.05, 3.63) is 106 Å². The Morgan fingerprint density at radius 2 is 1.75 bits per heavy atom. The van der Waals surface area contributed by atoms with E-state index in [0.717, 1.165) is 73.8 Å². The van der Waals surface area contributed by atoms with E-state index in [-0.39, 0.29) is 61.0 Å². The predicted molar refractivity (Wildman–Crippen MR) is 242 cm³/mol. The number of hydrogen-bond acceptors (Lipinski definition) is 13. The number of nitrogens with zero attached hydrogens (tertiary/aromatic N) is 2. The molecule has 338 valence electrons. The predicted octanol–water partition coefficient (Wildman–Crippen LogP) is 9.73. The van der Waals surface area contributed by atoms with E-state index < -0.39 is 16.8 Å². The summed E-state index contributed by atoms with van der Waals surface area (Å²) in [6.45, 7) is 4.58. The number of unbranched alkanes of at least 4 members (excludes halogenated alkanes) is 2. The average Bonchev–Trinajstić information content (AvgIpc) is 3.81. The Kier molecular flexibility index (Phi) is 15.7. The Labute approximate surface area is 373 Å². The quantitative estimate of drug-likeness (QED) is 0.0400. The molecule has 0 aromatic heterocycles. The van der Waals surface area contributed by atoms with Crippen LogP contribution in [0.1, 0.15) is 87.7 Å². The van der Waals surface area contributed by atoms with E-state index in [0.29, 0.717) is 53.2 Å². The number of ether oxygens (including phenoxy) is 5. The molecule has 1 heterocycles. The zero-order valence-electron chi connectivity index (χ0n) is 36.1. The Morgan fingerprint density at radius 3 is 2.44 bits per heavy atom. The lowest BCUT2D eigenvalue weighted by Gasteiger charge is -2.58. The molecule has 0 spiro atoms. The number of nitro groups is 1. The first-order valence-electron chi connectivity index (χ1n) is 22.0. The lowest BCUT2D eigenvalue weighted by molar-refractivity contribution is -0.384. The molecule has 7 rings (SSSR count). The molecule has 15 heteroatoms. The molecule has 0 bridgehead atoms. The number of carbonyl (C=O) groups is 1. The van der Waals surface area contributed by atoms with Crippen LogP contribution in [0.15, 0.2) is 90.1 Å². The highest BCUT2D eigenvalue weighted by atomic mass is 32.2. The van der Waals surface area contributed by atoms with Crippen LogP contribution in [-0.2, 0) is 16.2 Å². The van der Waals surface area contributed by atoms with Gasteiger partial charge in [0.25, 0.3) is 5.69 Å². The lowest BCUT2D eigenvalue weighted by atomic mass is 9.56. The summed E-state index contributed by atoms with van der Waals surface area (Å²) in [5.74, 6) is 0.406. The minimum absolute atomic E-state index is 0.00316. The van der Waals surface area contributed by atoms with Crippen LogP contribution in [0.3, 0.4) is 0 Å². The van der Waals surface area contributed by atoms with Gasteiger partial charge in [-0.2, -0.15) is 0 Å². The highest BCUT2D eigenvalue weighted by Crippen LogP contribution is 2.63. The van der Waals surface area contributed by atoms with E-state index >= 15 is 0 Å². The van der Waals surface area contributed by atoms with E-state index in [1.165, 1.54) is 19.2 Å². The van der Waals surface area contributed by atoms with Gasteiger partial charge in [0, 0.05) is 54.6 Å². The van der Waals surface area contributed by atoms with Crippen molar-refractivity contribution >= 4 is 34.9 Å². The third-order valence-electron chi connectivity index (χ3n) is 12.7. The monoisotopic (exact) mass is 885 g/mol. The van der Waals surface area contributed by atoms with Crippen LogP contribution in [0, 0.1) is 27.9 Å². The number of aliphatic hydroxyl groups is 2. The lowest BCUT2D eigenvalue weighted by Crippen LogP contribution is -2.64. The summed E-state index contributed by atoms with van der Waals surface area (Å²) in [6, 6.07) is 16.9. The summed E-state index contributed by atoms with van der Waals surface area (Å²) in [6.07, 6.45) is 12.9. The first-order valence-corrected chi connectivity index (χ1v) is 23.0. The number of methoxy groups -OCH3 is 2. The van der Waals surface area contributed by atoms with Crippen molar-refractivity contribution in [2.24, 2.45) is 22.9 Å². The maximum Gasteiger partial charge on any atom is 0.417 e. The molecule has 2 saturated carbocycles. The van der Waals surface area contributed by atoms with Crippen molar-refractivity contribution in [3.63, 3.8) is 0 Å². The minimum atomic E-state index is -1.13. The van der Waals surface area contributed by atoms with Gasteiger partial charge in [0.1, 0.15) is 29.6 Å². The largest absolute Gasteiger partial charge is 0.497 e. The first kappa shape index (κ1) is 45.9. The number of anilines is 1. The van der Waals surface area contributed by atoms with Gasteiger partial charge in [-0.3, -0.25) is 15.4 Å². The van der Waals surface area contributed by atoms with E-state index in [2.05, 4.69) is 18.0 Å². The molecule has 3 aromatic rings. The molecule has 0 radical (unpaired) electrons. The number of thioether (sulfide) groups is 1. The number of nitrogens with one attached hydrogen (secondary N) is 1. The summed E-state index contributed by atoms with van der Waals surface area (Å²) < 4.78 is 31.2. The SMILES string of the molecule is C=CCOC12Oc3ccc(OC(=O)Nc4ccc(OC)cc4OC)cc3C3C(CCCCO)C(CCCCO)C=C(C(=NOCc4ccc([N+](=O)[O-])cc4)CC1SC1CCCC1)C32. The van der Waals surface area contributed by atoms with Gasteiger partial charge in [0.2, 0.25) is 5.79 Å². The van der Waals surface area contributed by atoms with Crippen LogP contribution < -0.4 is 24.3 Å². The summed E-state index contributed by atoms with van der Waals surface area (Å²) in [7, 11) is 3.07. The van der Waals surface area contributed by atoms with Gasteiger partial charge >= 0.3 is 6.09 Å². The molecule has 0 saturated heterocycles. The second-order valence-electron chi connectivity index (χ2n) is 16.6. The number of benzene rings is 3. The number of fused-ring (bicyclic) bond motifs is 2. The Bertz CT molecular complexity index is 2120.